The molecule has 3 aliphatic rings. The molecule has 0 atom stereocenters. The van der Waals surface area contributed by atoms with Crippen LogP contribution in [0.5, 0.6) is 0 Å². The topological polar surface area (TPSA) is 58.3 Å². The van der Waals surface area contributed by atoms with Gasteiger partial charge in [0.05, 0.1) is 5.69 Å². The summed E-state index contributed by atoms with van der Waals surface area (Å²) in [5, 5.41) is 4.12. The molecule has 0 bridgehead atoms. The highest BCUT2D eigenvalue weighted by atomic mass is 16.5. The van der Waals surface area contributed by atoms with Gasteiger partial charge in [0.1, 0.15) is 17.4 Å². The van der Waals surface area contributed by atoms with Gasteiger partial charge in [-0.15, -0.1) is 0 Å². The molecule has 25 heavy (non-hydrogen) atoms. The molecule has 6 heteroatoms. The van der Waals surface area contributed by atoms with E-state index in [-0.39, 0.29) is 0 Å². The van der Waals surface area contributed by atoms with Crippen LogP contribution >= 0.6 is 0 Å². The first-order valence-electron chi connectivity index (χ1n) is 9.55. The van der Waals surface area contributed by atoms with Crippen LogP contribution in [0, 0.1) is 6.92 Å². The minimum absolute atomic E-state index is 0.626. The van der Waals surface area contributed by atoms with E-state index < -0.39 is 0 Å². The Labute approximate surface area is 148 Å². The highest BCUT2D eigenvalue weighted by molar-refractivity contribution is 5.52. The normalized spacial score (nSPS) is 20.9. The summed E-state index contributed by atoms with van der Waals surface area (Å²) in [4.78, 5) is 14.8. The molecule has 0 spiro atoms. The summed E-state index contributed by atoms with van der Waals surface area (Å²) in [6.07, 6.45) is 6.05. The van der Waals surface area contributed by atoms with Crippen molar-refractivity contribution in [2.75, 3.05) is 31.1 Å². The van der Waals surface area contributed by atoms with Gasteiger partial charge in [0, 0.05) is 56.0 Å². The Morgan fingerprint density at radius 1 is 1.12 bits per heavy atom. The van der Waals surface area contributed by atoms with E-state index in [9.17, 15) is 0 Å². The van der Waals surface area contributed by atoms with Crippen LogP contribution in [0.15, 0.2) is 10.6 Å². The monoisotopic (exact) mass is 339 g/mol. The lowest BCUT2D eigenvalue weighted by Crippen LogP contribution is -2.46. The summed E-state index contributed by atoms with van der Waals surface area (Å²) in [6, 6.07) is 2.03. The van der Waals surface area contributed by atoms with Crippen molar-refractivity contribution in [2.45, 2.75) is 51.5 Å². The van der Waals surface area contributed by atoms with Gasteiger partial charge in [-0.3, -0.25) is 4.90 Å². The van der Waals surface area contributed by atoms with E-state index in [4.69, 9.17) is 14.5 Å². The predicted octanol–water partition coefficient (Wildman–Crippen LogP) is 2.46. The van der Waals surface area contributed by atoms with Crippen molar-refractivity contribution < 1.29 is 4.52 Å². The molecule has 6 nitrogen and oxygen atoms in total. The van der Waals surface area contributed by atoms with Gasteiger partial charge < -0.3 is 9.42 Å². The Bertz CT molecular complexity index is 774. The van der Waals surface area contributed by atoms with E-state index in [0.29, 0.717) is 5.92 Å². The summed E-state index contributed by atoms with van der Waals surface area (Å²) in [6.45, 7) is 6.98. The summed E-state index contributed by atoms with van der Waals surface area (Å²) >= 11 is 0. The maximum atomic E-state index is 5.18. The molecule has 3 heterocycles. The third-order valence-corrected chi connectivity index (χ3v) is 5.61. The van der Waals surface area contributed by atoms with Crippen molar-refractivity contribution in [1.82, 2.24) is 20.0 Å². The van der Waals surface area contributed by atoms with Crippen molar-refractivity contribution in [2.24, 2.45) is 0 Å². The van der Waals surface area contributed by atoms with Crippen LogP contribution in [0.1, 0.15) is 53.7 Å². The number of fused-ring (bicyclic) bond motifs is 1. The lowest BCUT2D eigenvalue weighted by Gasteiger charge is -2.36. The molecule has 1 aliphatic heterocycles. The third kappa shape index (κ3) is 3.03. The van der Waals surface area contributed by atoms with Crippen LogP contribution in [0.4, 0.5) is 5.82 Å². The summed E-state index contributed by atoms with van der Waals surface area (Å²) in [5.41, 5.74) is 3.78. The number of nitrogens with zero attached hydrogens (tertiary/aromatic N) is 5. The fourth-order valence-electron chi connectivity index (χ4n) is 4.06. The van der Waals surface area contributed by atoms with Crippen LogP contribution < -0.4 is 4.90 Å². The third-order valence-electron chi connectivity index (χ3n) is 5.61. The first kappa shape index (κ1) is 15.3. The molecule has 0 unspecified atom stereocenters. The van der Waals surface area contributed by atoms with Gasteiger partial charge in [-0.25, -0.2) is 9.97 Å². The van der Waals surface area contributed by atoms with Crippen LogP contribution in [0.25, 0.3) is 0 Å². The standard InChI is InChI=1S/C19H25N5O/c1-13-11-15(22-25-13)12-23-7-9-24(10-8-23)19-16-3-2-4-17(16)20-18(21-19)14-5-6-14/h11,14H,2-10,12H2,1H3. The first-order chi connectivity index (χ1) is 12.3. The largest absolute Gasteiger partial charge is 0.361 e. The maximum Gasteiger partial charge on any atom is 0.135 e. The summed E-state index contributed by atoms with van der Waals surface area (Å²) in [5.74, 6) is 3.86. The lowest BCUT2D eigenvalue weighted by molar-refractivity contribution is 0.241. The average Bonchev–Trinajstić information content (AvgIpc) is 3.23. The van der Waals surface area contributed by atoms with Gasteiger partial charge in [-0.2, -0.15) is 0 Å². The van der Waals surface area contributed by atoms with E-state index in [0.717, 1.165) is 62.8 Å². The van der Waals surface area contributed by atoms with Gasteiger partial charge >= 0.3 is 0 Å². The zero-order valence-corrected chi connectivity index (χ0v) is 14.9. The second kappa shape index (κ2) is 6.09. The van der Waals surface area contributed by atoms with Gasteiger partial charge in [0.25, 0.3) is 0 Å². The number of aromatic nitrogens is 3. The Morgan fingerprint density at radius 2 is 1.96 bits per heavy atom. The highest BCUT2D eigenvalue weighted by Crippen LogP contribution is 2.40. The molecule has 1 saturated heterocycles. The van der Waals surface area contributed by atoms with Crippen molar-refractivity contribution in [3.8, 4) is 0 Å². The van der Waals surface area contributed by atoms with Crippen LogP contribution in [0.2, 0.25) is 0 Å². The van der Waals surface area contributed by atoms with Crippen LogP contribution in [-0.2, 0) is 19.4 Å². The molecule has 2 aromatic heterocycles. The molecular weight excluding hydrogens is 314 g/mol. The number of piperazine rings is 1. The second-order valence-corrected chi connectivity index (χ2v) is 7.65. The number of anilines is 1. The van der Waals surface area contributed by atoms with Crippen LogP contribution in [0.3, 0.4) is 0 Å². The van der Waals surface area contributed by atoms with Gasteiger partial charge in [-0.05, 0) is 39.0 Å². The van der Waals surface area contributed by atoms with E-state index in [1.807, 2.05) is 13.0 Å². The van der Waals surface area contributed by atoms with E-state index in [1.54, 1.807) is 0 Å². The summed E-state index contributed by atoms with van der Waals surface area (Å²) in [7, 11) is 0. The van der Waals surface area contributed by atoms with E-state index >= 15 is 0 Å². The van der Waals surface area contributed by atoms with Gasteiger partial charge in [0.2, 0.25) is 0 Å². The Morgan fingerprint density at radius 3 is 2.68 bits per heavy atom. The second-order valence-electron chi connectivity index (χ2n) is 7.65. The molecule has 0 N–H and O–H groups in total. The summed E-state index contributed by atoms with van der Waals surface area (Å²) < 4.78 is 5.18. The number of rotatable bonds is 4. The number of hydrogen-bond donors (Lipinski definition) is 0. The van der Waals surface area contributed by atoms with Crippen molar-refractivity contribution in [3.63, 3.8) is 0 Å². The molecule has 0 amide bonds. The Balaban J connectivity index is 1.30. The molecule has 2 fully saturated rings. The molecule has 1 saturated carbocycles. The zero-order valence-electron chi connectivity index (χ0n) is 14.9. The predicted molar refractivity (Wildman–Crippen MR) is 94.8 cm³/mol. The average molecular weight is 339 g/mol. The van der Waals surface area contributed by atoms with Gasteiger partial charge in [0.15, 0.2) is 0 Å². The Hall–Kier alpha value is -1.95. The molecule has 0 radical (unpaired) electrons. The fraction of sp³-hybridized carbons (Fsp3) is 0.632. The molecule has 2 aliphatic carbocycles. The van der Waals surface area contributed by atoms with Crippen LogP contribution in [-0.4, -0.2) is 46.2 Å². The zero-order chi connectivity index (χ0) is 16.8. The molecule has 132 valence electrons. The van der Waals surface area contributed by atoms with E-state index in [1.165, 1.54) is 36.3 Å². The van der Waals surface area contributed by atoms with Gasteiger partial charge in [-0.1, -0.05) is 5.16 Å². The lowest BCUT2D eigenvalue weighted by atomic mass is 10.2. The number of hydrogen-bond acceptors (Lipinski definition) is 6. The molecular formula is C19H25N5O. The first-order valence-corrected chi connectivity index (χ1v) is 9.55. The quantitative estimate of drug-likeness (QED) is 0.853. The molecule has 2 aromatic rings. The fourth-order valence-corrected chi connectivity index (χ4v) is 4.06. The SMILES string of the molecule is Cc1cc(CN2CCN(c3nc(C4CC4)nc4c3CCC4)CC2)no1. The Kier molecular flexibility index (Phi) is 3.73. The van der Waals surface area contributed by atoms with Crippen molar-refractivity contribution in [1.29, 1.82) is 0 Å². The highest BCUT2D eigenvalue weighted by Gasteiger charge is 2.31. The van der Waals surface area contributed by atoms with Crippen molar-refractivity contribution in [3.05, 3.63) is 34.6 Å². The molecule has 5 rings (SSSR count). The minimum atomic E-state index is 0.626. The van der Waals surface area contributed by atoms with E-state index in [2.05, 4.69) is 15.0 Å². The maximum absolute atomic E-state index is 5.18. The smallest absolute Gasteiger partial charge is 0.135 e. The van der Waals surface area contributed by atoms with Crippen molar-refractivity contribution >= 4 is 5.82 Å². The number of aryl methyl sites for hydroxylation is 2. The minimum Gasteiger partial charge on any atom is -0.361 e. The molecule has 0 aromatic carbocycles.